The maximum absolute atomic E-state index is 13.4. The third-order valence-electron chi connectivity index (χ3n) is 4.64. The fraction of sp³-hybridized carbons (Fsp3) is 0.273. The van der Waals surface area contributed by atoms with E-state index in [0.717, 1.165) is 29.2 Å². The van der Waals surface area contributed by atoms with Crippen molar-refractivity contribution < 1.29 is 13.9 Å². The molecule has 3 aromatic rings. The van der Waals surface area contributed by atoms with E-state index < -0.39 is 5.82 Å². The summed E-state index contributed by atoms with van der Waals surface area (Å²) in [4.78, 5) is 19.0. The molecule has 0 atom stereocenters. The number of methoxy groups -OCH3 is 1. The zero-order valence-corrected chi connectivity index (χ0v) is 17.2. The van der Waals surface area contributed by atoms with Gasteiger partial charge in [-0.3, -0.25) is 0 Å². The summed E-state index contributed by atoms with van der Waals surface area (Å²) in [6.07, 6.45) is 3.55. The van der Waals surface area contributed by atoms with Crippen molar-refractivity contribution in [3.05, 3.63) is 65.1 Å². The second-order valence-electron chi connectivity index (χ2n) is 6.67. The van der Waals surface area contributed by atoms with Crippen LogP contribution in [0.5, 0.6) is 5.88 Å². The molecule has 1 heterocycles. The lowest BCUT2D eigenvalue weighted by Gasteiger charge is -2.24. The van der Waals surface area contributed by atoms with Crippen LogP contribution >= 0.6 is 11.6 Å². The zero-order chi connectivity index (χ0) is 20.8. The standard InChI is InChI=1S/C22H23ClFN3O2/c1-3-4-11-27(22(28)26-16-9-10-20(24)19(23)12-16)14-15-13-25-21(29-2)18-8-6-5-7-17(15)18/h5-10,12-13H,3-4,11,14H2,1-2H3,(H,26,28). The van der Waals surface area contributed by atoms with Crippen molar-refractivity contribution in [2.24, 2.45) is 0 Å². The van der Waals surface area contributed by atoms with Gasteiger partial charge in [0.25, 0.3) is 0 Å². The molecular formula is C22H23ClFN3O2. The second kappa shape index (κ2) is 9.56. The van der Waals surface area contributed by atoms with Crippen LogP contribution in [0.4, 0.5) is 14.9 Å². The van der Waals surface area contributed by atoms with Crippen molar-refractivity contribution in [2.45, 2.75) is 26.3 Å². The van der Waals surface area contributed by atoms with E-state index >= 15 is 0 Å². The number of fused-ring (bicyclic) bond motifs is 1. The highest BCUT2D eigenvalue weighted by Crippen LogP contribution is 2.27. The SMILES string of the molecule is CCCCN(Cc1cnc(OC)c2ccccc12)C(=O)Nc1ccc(F)c(Cl)c1. The van der Waals surface area contributed by atoms with Gasteiger partial charge in [0.05, 0.1) is 12.1 Å². The third kappa shape index (κ3) is 4.95. The number of carbonyl (C=O) groups is 1. The van der Waals surface area contributed by atoms with Crippen LogP contribution in [0.2, 0.25) is 5.02 Å². The van der Waals surface area contributed by atoms with Gasteiger partial charge in [0.2, 0.25) is 5.88 Å². The Morgan fingerprint density at radius 1 is 1.24 bits per heavy atom. The number of aromatic nitrogens is 1. The van der Waals surface area contributed by atoms with Gasteiger partial charge in [-0.2, -0.15) is 0 Å². The summed E-state index contributed by atoms with van der Waals surface area (Å²) >= 11 is 5.82. The highest BCUT2D eigenvalue weighted by atomic mass is 35.5. The topological polar surface area (TPSA) is 54.5 Å². The van der Waals surface area contributed by atoms with Gasteiger partial charge in [-0.1, -0.05) is 43.1 Å². The predicted molar refractivity (Wildman–Crippen MR) is 114 cm³/mol. The normalized spacial score (nSPS) is 10.8. The predicted octanol–water partition coefficient (Wildman–Crippen LogP) is 5.87. The molecule has 0 saturated heterocycles. The summed E-state index contributed by atoms with van der Waals surface area (Å²) in [5.41, 5.74) is 1.37. The average Bonchev–Trinajstić information content (AvgIpc) is 2.73. The number of urea groups is 1. The highest BCUT2D eigenvalue weighted by Gasteiger charge is 2.17. The molecule has 0 bridgehead atoms. The summed E-state index contributed by atoms with van der Waals surface area (Å²) in [5, 5.41) is 4.65. The van der Waals surface area contributed by atoms with E-state index in [1.54, 1.807) is 18.2 Å². The van der Waals surface area contributed by atoms with E-state index in [-0.39, 0.29) is 11.1 Å². The van der Waals surface area contributed by atoms with E-state index in [4.69, 9.17) is 16.3 Å². The number of pyridine rings is 1. The maximum Gasteiger partial charge on any atom is 0.322 e. The molecule has 152 valence electrons. The summed E-state index contributed by atoms with van der Waals surface area (Å²) in [7, 11) is 1.59. The lowest BCUT2D eigenvalue weighted by atomic mass is 10.1. The number of hydrogen-bond donors (Lipinski definition) is 1. The van der Waals surface area contributed by atoms with Crippen LogP contribution in [-0.4, -0.2) is 29.6 Å². The van der Waals surface area contributed by atoms with Crippen LogP contribution in [0, 0.1) is 5.82 Å². The van der Waals surface area contributed by atoms with Gasteiger partial charge < -0.3 is 15.0 Å². The molecule has 5 nitrogen and oxygen atoms in total. The van der Waals surface area contributed by atoms with Crippen molar-refractivity contribution in [3.63, 3.8) is 0 Å². The molecule has 7 heteroatoms. The van der Waals surface area contributed by atoms with Gasteiger partial charge in [-0.05, 0) is 41.6 Å². The van der Waals surface area contributed by atoms with Crippen LogP contribution in [0.25, 0.3) is 10.8 Å². The number of nitrogens with zero attached hydrogens (tertiary/aromatic N) is 2. The monoisotopic (exact) mass is 415 g/mol. The highest BCUT2D eigenvalue weighted by molar-refractivity contribution is 6.31. The van der Waals surface area contributed by atoms with E-state index in [1.165, 1.54) is 18.2 Å². The number of ether oxygens (including phenoxy) is 1. The van der Waals surface area contributed by atoms with E-state index in [2.05, 4.69) is 17.2 Å². The Hall–Kier alpha value is -2.86. The van der Waals surface area contributed by atoms with Gasteiger partial charge in [-0.15, -0.1) is 0 Å². The van der Waals surface area contributed by atoms with Gasteiger partial charge >= 0.3 is 6.03 Å². The van der Waals surface area contributed by atoms with Crippen LogP contribution in [0.1, 0.15) is 25.3 Å². The fourth-order valence-electron chi connectivity index (χ4n) is 3.10. The molecule has 29 heavy (non-hydrogen) atoms. The molecule has 2 aromatic carbocycles. The number of carbonyl (C=O) groups excluding carboxylic acids is 1. The number of anilines is 1. The molecule has 0 aliphatic rings. The molecule has 3 rings (SSSR count). The van der Waals surface area contributed by atoms with Gasteiger partial charge in [0.15, 0.2) is 0 Å². The Morgan fingerprint density at radius 3 is 2.69 bits per heavy atom. The number of nitrogens with one attached hydrogen (secondary N) is 1. The number of unbranched alkanes of at least 4 members (excludes halogenated alkanes) is 1. The number of benzene rings is 2. The molecule has 0 radical (unpaired) electrons. The first-order chi connectivity index (χ1) is 14.0. The summed E-state index contributed by atoms with van der Waals surface area (Å²) in [5.74, 6) is 0.0261. The number of rotatable bonds is 7. The van der Waals surface area contributed by atoms with Gasteiger partial charge in [0.1, 0.15) is 5.82 Å². The smallest absolute Gasteiger partial charge is 0.322 e. The molecule has 0 aliphatic heterocycles. The lowest BCUT2D eigenvalue weighted by Crippen LogP contribution is -2.35. The maximum atomic E-state index is 13.4. The van der Waals surface area contributed by atoms with Gasteiger partial charge in [0, 0.05) is 30.4 Å². The first-order valence-corrected chi connectivity index (χ1v) is 9.83. The minimum absolute atomic E-state index is 0.0340. The molecule has 0 fully saturated rings. The minimum Gasteiger partial charge on any atom is -0.481 e. The van der Waals surface area contributed by atoms with Crippen molar-refractivity contribution in [1.82, 2.24) is 9.88 Å². The van der Waals surface area contributed by atoms with Crippen molar-refractivity contribution >= 4 is 34.1 Å². The minimum atomic E-state index is -0.525. The Labute approximate surface area is 174 Å². The molecular weight excluding hydrogens is 393 g/mol. The molecule has 1 aromatic heterocycles. The molecule has 0 saturated carbocycles. The molecule has 1 N–H and O–H groups in total. The summed E-state index contributed by atoms with van der Waals surface area (Å²) in [6.45, 7) is 3.04. The quantitative estimate of drug-likeness (QED) is 0.525. The van der Waals surface area contributed by atoms with E-state index in [9.17, 15) is 9.18 Å². The first kappa shape index (κ1) is 20.9. The Bertz CT molecular complexity index is 1010. The van der Waals surface area contributed by atoms with E-state index in [1.807, 2.05) is 24.3 Å². The molecule has 0 aliphatic carbocycles. The second-order valence-corrected chi connectivity index (χ2v) is 7.08. The van der Waals surface area contributed by atoms with E-state index in [0.29, 0.717) is 24.7 Å². The van der Waals surface area contributed by atoms with Crippen molar-refractivity contribution in [1.29, 1.82) is 0 Å². The van der Waals surface area contributed by atoms with Crippen molar-refractivity contribution in [2.75, 3.05) is 19.0 Å². The number of halogens is 2. The summed E-state index contributed by atoms with van der Waals surface area (Å²) in [6, 6.07) is 11.7. The van der Waals surface area contributed by atoms with Crippen LogP contribution in [0.3, 0.4) is 0 Å². The largest absolute Gasteiger partial charge is 0.481 e. The lowest BCUT2D eigenvalue weighted by molar-refractivity contribution is 0.208. The number of amides is 2. The van der Waals surface area contributed by atoms with Crippen molar-refractivity contribution in [3.8, 4) is 5.88 Å². The van der Waals surface area contributed by atoms with Crippen LogP contribution < -0.4 is 10.1 Å². The molecule has 0 unspecified atom stereocenters. The number of hydrogen-bond acceptors (Lipinski definition) is 3. The Morgan fingerprint density at radius 2 is 2.00 bits per heavy atom. The average molecular weight is 416 g/mol. The first-order valence-electron chi connectivity index (χ1n) is 9.45. The molecule has 0 spiro atoms. The van der Waals surface area contributed by atoms with Gasteiger partial charge in [-0.25, -0.2) is 14.2 Å². The third-order valence-corrected chi connectivity index (χ3v) is 4.92. The van der Waals surface area contributed by atoms with Crippen LogP contribution in [0.15, 0.2) is 48.7 Å². The zero-order valence-electron chi connectivity index (χ0n) is 16.4. The van der Waals surface area contributed by atoms with Crippen LogP contribution in [-0.2, 0) is 6.54 Å². The fourth-order valence-corrected chi connectivity index (χ4v) is 3.28. The Balaban J connectivity index is 1.86. The molecule has 2 amide bonds. The summed E-state index contributed by atoms with van der Waals surface area (Å²) < 4.78 is 18.7. The Kier molecular flexibility index (Phi) is 6.88.